The van der Waals surface area contributed by atoms with Gasteiger partial charge in [0, 0.05) is 11.1 Å². The first-order chi connectivity index (χ1) is 8.65. The number of nitrogens with zero attached hydrogens (tertiary/aromatic N) is 2. The second kappa shape index (κ2) is 5.04. The molecule has 1 heterocycles. The number of pyridine rings is 1. The zero-order chi connectivity index (χ0) is 14.8. The first kappa shape index (κ1) is 14.6. The summed E-state index contributed by atoms with van der Waals surface area (Å²) in [7, 11) is 0.851. The quantitative estimate of drug-likeness (QED) is 0.364. The molecule has 0 aliphatic rings. The number of rotatable bonds is 3. The lowest BCUT2D eigenvalue weighted by molar-refractivity contribution is -0.390. The van der Waals surface area contributed by atoms with E-state index >= 15 is 0 Å². The van der Waals surface area contributed by atoms with Gasteiger partial charge in [0.25, 0.3) is 0 Å². The Kier molecular flexibility index (Phi) is 3.87. The van der Waals surface area contributed by atoms with Gasteiger partial charge in [-0.2, -0.15) is 4.39 Å². The van der Waals surface area contributed by atoms with E-state index in [1.54, 1.807) is 0 Å². The first-order valence-corrected chi connectivity index (χ1v) is 4.34. The minimum Gasteiger partial charge on any atom is -0.465 e. The molecule has 1 rings (SSSR count). The van der Waals surface area contributed by atoms with Crippen LogP contribution in [0, 0.1) is 15.9 Å². The van der Waals surface area contributed by atoms with Crippen molar-refractivity contribution in [1.29, 1.82) is 0 Å². The zero-order valence-corrected chi connectivity index (χ0v) is 9.02. The van der Waals surface area contributed by atoms with Crippen molar-refractivity contribution in [2.24, 2.45) is 0 Å². The second-order valence-corrected chi connectivity index (χ2v) is 2.94. The molecule has 1 aromatic heterocycles. The SMILES string of the molecule is COC(=O)c1cc(F)c(OC(F)(F)F)nc1[N+](=O)[O-]. The van der Waals surface area contributed by atoms with Crippen molar-refractivity contribution in [2.75, 3.05) is 7.11 Å². The normalized spacial score (nSPS) is 11.0. The van der Waals surface area contributed by atoms with E-state index in [0.717, 1.165) is 7.11 Å². The molecule has 19 heavy (non-hydrogen) atoms. The van der Waals surface area contributed by atoms with Gasteiger partial charge in [-0.1, -0.05) is 0 Å². The van der Waals surface area contributed by atoms with Gasteiger partial charge in [0.15, 0.2) is 5.56 Å². The first-order valence-electron chi connectivity index (χ1n) is 4.34. The molecule has 0 fully saturated rings. The van der Waals surface area contributed by atoms with E-state index in [0.29, 0.717) is 0 Å². The highest BCUT2D eigenvalue weighted by atomic mass is 19.4. The molecular weight excluding hydrogens is 280 g/mol. The van der Waals surface area contributed by atoms with Crippen LogP contribution in [0.3, 0.4) is 0 Å². The van der Waals surface area contributed by atoms with Crippen LogP contribution >= 0.6 is 0 Å². The number of nitro groups is 1. The Morgan fingerprint density at radius 3 is 2.47 bits per heavy atom. The van der Waals surface area contributed by atoms with E-state index in [1.165, 1.54) is 0 Å². The molecule has 0 atom stereocenters. The summed E-state index contributed by atoms with van der Waals surface area (Å²) < 4.78 is 56.1. The monoisotopic (exact) mass is 284 g/mol. The maximum absolute atomic E-state index is 13.2. The fourth-order valence-corrected chi connectivity index (χ4v) is 1.04. The number of hydrogen-bond donors (Lipinski definition) is 0. The fourth-order valence-electron chi connectivity index (χ4n) is 1.04. The molecule has 0 aliphatic heterocycles. The predicted molar refractivity (Wildman–Crippen MR) is 48.9 cm³/mol. The molecule has 0 aromatic carbocycles. The highest BCUT2D eigenvalue weighted by Crippen LogP contribution is 2.28. The Morgan fingerprint density at radius 2 is 2.05 bits per heavy atom. The number of aromatic nitrogens is 1. The van der Waals surface area contributed by atoms with E-state index in [4.69, 9.17) is 0 Å². The lowest BCUT2D eigenvalue weighted by Gasteiger charge is -2.07. The van der Waals surface area contributed by atoms with Crippen LogP contribution in [0.2, 0.25) is 0 Å². The number of alkyl halides is 3. The van der Waals surface area contributed by atoms with Gasteiger partial charge >= 0.3 is 24.0 Å². The Balaban J connectivity index is 3.37. The van der Waals surface area contributed by atoms with Crippen molar-refractivity contribution in [2.45, 2.75) is 6.36 Å². The van der Waals surface area contributed by atoms with Crippen molar-refractivity contribution in [3.05, 3.63) is 27.6 Å². The topological polar surface area (TPSA) is 91.6 Å². The number of methoxy groups -OCH3 is 1. The number of ether oxygens (including phenoxy) is 2. The minimum atomic E-state index is -5.28. The molecule has 1 aromatic rings. The van der Waals surface area contributed by atoms with Gasteiger partial charge < -0.3 is 19.6 Å². The van der Waals surface area contributed by atoms with Crippen molar-refractivity contribution in [1.82, 2.24) is 4.98 Å². The molecular formula is C8H4F4N2O5. The molecule has 0 amide bonds. The van der Waals surface area contributed by atoms with E-state index in [2.05, 4.69) is 14.5 Å². The molecule has 0 aliphatic carbocycles. The van der Waals surface area contributed by atoms with Gasteiger partial charge in [-0.25, -0.2) is 4.79 Å². The van der Waals surface area contributed by atoms with Gasteiger partial charge in [0.2, 0.25) is 5.82 Å². The Bertz CT molecular complexity index is 531. The minimum absolute atomic E-state index is 0.179. The molecule has 0 radical (unpaired) electrons. The van der Waals surface area contributed by atoms with Crippen LogP contribution in [0.5, 0.6) is 5.88 Å². The van der Waals surface area contributed by atoms with Crippen LogP contribution in [0.15, 0.2) is 6.07 Å². The van der Waals surface area contributed by atoms with Crippen LogP contribution in [-0.4, -0.2) is 29.3 Å². The van der Waals surface area contributed by atoms with Crippen LogP contribution in [0.4, 0.5) is 23.4 Å². The maximum Gasteiger partial charge on any atom is 0.575 e. The summed E-state index contributed by atoms with van der Waals surface area (Å²) in [6, 6.07) is 0.179. The smallest absolute Gasteiger partial charge is 0.465 e. The summed E-state index contributed by atoms with van der Waals surface area (Å²) in [5.41, 5.74) is -0.931. The summed E-state index contributed by atoms with van der Waals surface area (Å²) in [6.07, 6.45) is -5.28. The predicted octanol–water partition coefficient (Wildman–Crippen LogP) is 1.81. The molecule has 104 valence electrons. The van der Waals surface area contributed by atoms with Crippen molar-refractivity contribution in [3.8, 4) is 5.88 Å². The molecule has 0 spiro atoms. The third-order valence-electron chi connectivity index (χ3n) is 1.71. The van der Waals surface area contributed by atoms with Gasteiger partial charge in [-0.15, -0.1) is 13.2 Å². The van der Waals surface area contributed by atoms with Gasteiger partial charge in [-0.05, 0) is 4.92 Å². The zero-order valence-electron chi connectivity index (χ0n) is 9.02. The summed E-state index contributed by atoms with van der Waals surface area (Å²) in [5, 5.41) is 10.5. The van der Waals surface area contributed by atoms with E-state index in [-0.39, 0.29) is 6.07 Å². The third-order valence-corrected chi connectivity index (χ3v) is 1.71. The van der Waals surface area contributed by atoms with Gasteiger partial charge in [0.05, 0.1) is 7.11 Å². The molecule has 0 saturated carbocycles. The van der Waals surface area contributed by atoms with Crippen LogP contribution in [0.1, 0.15) is 10.4 Å². The summed E-state index contributed by atoms with van der Waals surface area (Å²) in [6.45, 7) is 0. The van der Waals surface area contributed by atoms with Gasteiger partial charge in [0.1, 0.15) is 0 Å². The number of hydrogen-bond acceptors (Lipinski definition) is 6. The summed E-state index contributed by atoms with van der Waals surface area (Å²) in [5.74, 6) is -5.99. The lowest BCUT2D eigenvalue weighted by Crippen LogP contribution is -2.20. The average molecular weight is 284 g/mol. The lowest BCUT2D eigenvalue weighted by atomic mass is 10.2. The Labute approximate surface area is 101 Å². The summed E-state index contributed by atoms with van der Waals surface area (Å²) in [4.78, 5) is 23.1. The third kappa shape index (κ3) is 3.50. The van der Waals surface area contributed by atoms with Gasteiger partial charge in [-0.3, -0.25) is 0 Å². The average Bonchev–Trinajstić information content (AvgIpc) is 2.28. The maximum atomic E-state index is 13.2. The van der Waals surface area contributed by atoms with E-state index < -0.39 is 40.3 Å². The van der Waals surface area contributed by atoms with Crippen LogP contribution in [-0.2, 0) is 4.74 Å². The molecule has 0 unspecified atom stereocenters. The number of carbonyl (C=O) groups excluding carboxylic acids is 1. The Morgan fingerprint density at radius 1 is 1.47 bits per heavy atom. The number of esters is 1. The molecule has 11 heteroatoms. The molecule has 0 bridgehead atoms. The molecule has 0 N–H and O–H groups in total. The largest absolute Gasteiger partial charge is 0.575 e. The fraction of sp³-hybridized carbons (Fsp3) is 0.250. The van der Waals surface area contributed by atoms with Crippen molar-refractivity contribution >= 4 is 11.8 Å². The van der Waals surface area contributed by atoms with Crippen molar-refractivity contribution in [3.63, 3.8) is 0 Å². The second-order valence-electron chi connectivity index (χ2n) is 2.94. The Hall–Kier alpha value is -2.46. The number of halogens is 4. The standard InChI is InChI=1S/C8H4F4N2O5/c1-18-7(15)3-2-4(9)6(19-8(10,11)12)13-5(3)14(16)17/h2H,1H3. The van der Waals surface area contributed by atoms with Crippen molar-refractivity contribution < 1.29 is 36.8 Å². The summed E-state index contributed by atoms with van der Waals surface area (Å²) >= 11 is 0. The van der Waals surface area contributed by atoms with Crippen LogP contribution < -0.4 is 4.74 Å². The van der Waals surface area contributed by atoms with E-state index in [9.17, 15) is 32.5 Å². The van der Waals surface area contributed by atoms with E-state index in [1.807, 2.05) is 0 Å². The molecule has 0 saturated heterocycles. The highest BCUT2D eigenvalue weighted by Gasteiger charge is 2.37. The highest BCUT2D eigenvalue weighted by molar-refractivity contribution is 5.93. The molecule has 7 nitrogen and oxygen atoms in total. The van der Waals surface area contributed by atoms with Crippen LogP contribution in [0.25, 0.3) is 0 Å². The number of carbonyl (C=O) groups is 1.